The Hall–Kier alpha value is -2.15. The van der Waals surface area contributed by atoms with Crippen LogP contribution in [0.2, 0.25) is 5.02 Å². The molecular weight excluding hydrogens is 352 g/mol. The van der Waals surface area contributed by atoms with Gasteiger partial charge in [-0.15, -0.1) is 0 Å². The number of hydrogen-bond acceptors (Lipinski definition) is 4. The zero-order valence-corrected chi connectivity index (χ0v) is 15.2. The lowest BCUT2D eigenvalue weighted by molar-refractivity contribution is 0.0374. The van der Waals surface area contributed by atoms with Crippen LogP contribution in [0, 0.1) is 0 Å². The lowest BCUT2D eigenvalue weighted by atomic mass is 10.1. The molecule has 1 aliphatic heterocycles. The Morgan fingerprint density at radius 2 is 2.08 bits per heavy atom. The number of nitrogens with zero attached hydrogens (tertiary/aromatic N) is 3. The van der Waals surface area contributed by atoms with Gasteiger partial charge in [0, 0.05) is 41.6 Å². The number of aryl methyl sites for hydroxylation is 1. The van der Waals surface area contributed by atoms with Crippen molar-refractivity contribution in [2.75, 3.05) is 32.8 Å². The molecule has 1 N–H and O–H groups in total. The third-order valence-electron chi connectivity index (χ3n) is 4.70. The quantitative estimate of drug-likeness (QED) is 0.747. The molecule has 3 heterocycles. The van der Waals surface area contributed by atoms with E-state index in [-0.39, 0.29) is 5.56 Å². The van der Waals surface area contributed by atoms with Crippen molar-refractivity contribution in [3.05, 3.63) is 57.6 Å². The van der Waals surface area contributed by atoms with E-state index in [1.54, 1.807) is 12.3 Å². The summed E-state index contributed by atoms with van der Waals surface area (Å²) in [5, 5.41) is 3.64. The highest BCUT2D eigenvalue weighted by atomic mass is 35.5. The van der Waals surface area contributed by atoms with Crippen molar-refractivity contribution in [2.24, 2.45) is 0 Å². The Morgan fingerprint density at radius 3 is 2.88 bits per heavy atom. The Labute approximate surface area is 156 Å². The third-order valence-corrected chi connectivity index (χ3v) is 4.93. The molecule has 0 radical (unpaired) electrons. The van der Waals surface area contributed by atoms with Crippen molar-refractivity contribution in [3.63, 3.8) is 0 Å². The number of H-pyrrole nitrogens is 1. The molecule has 1 aromatic carbocycles. The van der Waals surface area contributed by atoms with E-state index in [4.69, 9.17) is 21.3 Å². The van der Waals surface area contributed by atoms with Crippen LogP contribution in [0.3, 0.4) is 0 Å². The number of aromatic amines is 1. The standard InChI is InChI=1S/C19H21ClN4O2/c20-15-4-1-3-14(11-15)17-13-21-24-18(25)12-16(22-19(17)24)5-2-6-23-7-9-26-10-8-23/h1,3-4,11-13,21H,2,5-10H2. The fraction of sp³-hybridized carbons (Fsp3) is 0.368. The Balaban J connectivity index is 1.56. The fourth-order valence-corrected chi connectivity index (χ4v) is 3.52. The average molecular weight is 373 g/mol. The lowest BCUT2D eigenvalue weighted by Crippen LogP contribution is -2.37. The smallest absolute Gasteiger partial charge is 0.272 e. The van der Waals surface area contributed by atoms with Crippen LogP contribution in [0.15, 0.2) is 41.3 Å². The average Bonchev–Trinajstić information content (AvgIpc) is 3.07. The molecule has 4 rings (SSSR count). The topological polar surface area (TPSA) is 62.6 Å². The molecular formula is C19H21ClN4O2. The minimum atomic E-state index is -0.0929. The lowest BCUT2D eigenvalue weighted by Gasteiger charge is -2.26. The first kappa shape index (κ1) is 17.3. The van der Waals surface area contributed by atoms with E-state index in [2.05, 4.69) is 10.00 Å². The van der Waals surface area contributed by atoms with E-state index in [1.807, 2.05) is 24.3 Å². The highest BCUT2D eigenvalue weighted by Gasteiger charge is 2.13. The second-order valence-electron chi connectivity index (χ2n) is 6.50. The summed E-state index contributed by atoms with van der Waals surface area (Å²) in [5.74, 6) is 0. The molecule has 0 bridgehead atoms. The predicted molar refractivity (Wildman–Crippen MR) is 102 cm³/mol. The Kier molecular flexibility index (Phi) is 5.06. The van der Waals surface area contributed by atoms with E-state index < -0.39 is 0 Å². The van der Waals surface area contributed by atoms with Gasteiger partial charge in [-0.1, -0.05) is 23.7 Å². The Bertz CT molecular complexity index is 960. The normalized spacial score (nSPS) is 15.6. The molecule has 0 unspecified atom stereocenters. The molecule has 0 saturated carbocycles. The second kappa shape index (κ2) is 7.61. The van der Waals surface area contributed by atoms with Crippen LogP contribution in [0.5, 0.6) is 0 Å². The molecule has 0 spiro atoms. The Morgan fingerprint density at radius 1 is 1.23 bits per heavy atom. The predicted octanol–water partition coefficient (Wildman–Crippen LogP) is 2.61. The molecule has 3 aromatic rings. The third kappa shape index (κ3) is 3.67. The molecule has 136 valence electrons. The number of morpholine rings is 1. The van der Waals surface area contributed by atoms with Gasteiger partial charge in [-0.2, -0.15) is 0 Å². The molecule has 1 fully saturated rings. The largest absolute Gasteiger partial charge is 0.379 e. The molecule has 0 aliphatic carbocycles. The molecule has 26 heavy (non-hydrogen) atoms. The van der Waals surface area contributed by atoms with Gasteiger partial charge in [-0.3, -0.25) is 14.8 Å². The van der Waals surface area contributed by atoms with Gasteiger partial charge < -0.3 is 4.74 Å². The summed E-state index contributed by atoms with van der Waals surface area (Å²) in [5.41, 5.74) is 3.19. The van der Waals surface area contributed by atoms with Crippen LogP contribution in [-0.2, 0) is 11.2 Å². The van der Waals surface area contributed by atoms with Crippen LogP contribution < -0.4 is 5.56 Å². The van der Waals surface area contributed by atoms with Crippen molar-refractivity contribution < 1.29 is 4.74 Å². The maximum atomic E-state index is 12.4. The van der Waals surface area contributed by atoms with E-state index in [9.17, 15) is 4.79 Å². The van der Waals surface area contributed by atoms with Crippen molar-refractivity contribution in [1.29, 1.82) is 0 Å². The number of benzene rings is 1. The van der Waals surface area contributed by atoms with Crippen LogP contribution in [-0.4, -0.2) is 52.3 Å². The number of halogens is 1. The first-order chi connectivity index (χ1) is 12.7. The van der Waals surface area contributed by atoms with Gasteiger partial charge in [0.05, 0.1) is 13.2 Å². The van der Waals surface area contributed by atoms with Gasteiger partial charge in [0.1, 0.15) is 0 Å². The molecule has 7 heteroatoms. The first-order valence-electron chi connectivity index (χ1n) is 8.87. The van der Waals surface area contributed by atoms with E-state index in [0.717, 1.165) is 62.5 Å². The van der Waals surface area contributed by atoms with Gasteiger partial charge in [0.2, 0.25) is 0 Å². The van der Waals surface area contributed by atoms with Crippen LogP contribution in [0.25, 0.3) is 16.8 Å². The fourth-order valence-electron chi connectivity index (χ4n) is 3.33. The van der Waals surface area contributed by atoms with Gasteiger partial charge in [-0.25, -0.2) is 9.50 Å². The summed E-state index contributed by atoms with van der Waals surface area (Å²) in [6, 6.07) is 9.18. The van der Waals surface area contributed by atoms with Crippen molar-refractivity contribution in [3.8, 4) is 11.1 Å². The SMILES string of the molecule is O=c1cc(CCCN2CCOCC2)nc2c(-c3cccc(Cl)c3)c[nH]n12. The van der Waals surface area contributed by atoms with Gasteiger partial charge >= 0.3 is 0 Å². The minimum Gasteiger partial charge on any atom is -0.379 e. The highest BCUT2D eigenvalue weighted by molar-refractivity contribution is 6.30. The minimum absolute atomic E-state index is 0.0929. The van der Waals surface area contributed by atoms with Crippen molar-refractivity contribution in [1.82, 2.24) is 19.5 Å². The monoisotopic (exact) mass is 372 g/mol. The number of aromatic nitrogens is 3. The number of nitrogens with one attached hydrogen (secondary N) is 1. The van der Waals surface area contributed by atoms with Crippen LogP contribution >= 0.6 is 11.6 Å². The number of hydrogen-bond donors (Lipinski definition) is 1. The van der Waals surface area contributed by atoms with E-state index in [0.29, 0.717) is 10.7 Å². The number of fused-ring (bicyclic) bond motifs is 1. The zero-order chi connectivity index (χ0) is 17.9. The van der Waals surface area contributed by atoms with Gasteiger partial charge in [0.15, 0.2) is 5.65 Å². The summed E-state index contributed by atoms with van der Waals surface area (Å²) < 4.78 is 6.85. The summed E-state index contributed by atoms with van der Waals surface area (Å²) in [6.07, 6.45) is 3.55. The molecule has 0 atom stereocenters. The van der Waals surface area contributed by atoms with Gasteiger partial charge in [-0.05, 0) is 37.1 Å². The summed E-state index contributed by atoms with van der Waals surface area (Å²) in [7, 11) is 0. The van der Waals surface area contributed by atoms with Crippen LogP contribution in [0.1, 0.15) is 12.1 Å². The summed E-state index contributed by atoms with van der Waals surface area (Å²) in [4.78, 5) is 19.5. The molecule has 2 aromatic heterocycles. The van der Waals surface area contributed by atoms with Crippen molar-refractivity contribution in [2.45, 2.75) is 12.8 Å². The first-order valence-corrected chi connectivity index (χ1v) is 9.24. The maximum absolute atomic E-state index is 12.4. The maximum Gasteiger partial charge on any atom is 0.272 e. The number of ether oxygens (including phenoxy) is 1. The summed E-state index contributed by atoms with van der Waals surface area (Å²) >= 11 is 6.11. The van der Waals surface area contributed by atoms with E-state index >= 15 is 0 Å². The number of rotatable bonds is 5. The highest BCUT2D eigenvalue weighted by Crippen LogP contribution is 2.25. The zero-order valence-electron chi connectivity index (χ0n) is 14.4. The second-order valence-corrected chi connectivity index (χ2v) is 6.94. The molecule has 1 aliphatic rings. The molecule has 6 nitrogen and oxygen atoms in total. The van der Waals surface area contributed by atoms with E-state index in [1.165, 1.54) is 4.52 Å². The van der Waals surface area contributed by atoms with Crippen molar-refractivity contribution >= 4 is 17.2 Å². The molecule has 1 saturated heterocycles. The van der Waals surface area contributed by atoms with Gasteiger partial charge in [0.25, 0.3) is 5.56 Å². The molecule has 0 amide bonds. The van der Waals surface area contributed by atoms with Crippen LogP contribution in [0.4, 0.5) is 0 Å². The summed E-state index contributed by atoms with van der Waals surface area (Å²) in [6.45, 7) is 4.56.